The Kier molecular flexibility index (Phi) is 3.10. The van der Waals surface area contributed by atoms with E-state index in [1.54, 1.807) is 0 Å². The summed E-state index contributed by atoms with van der Waals surface area (Å²) in [7, 11) is 0. The molecule has 5 heteroatoms. The number of rotatable bonds is 4. The fraction of sp³-hybridized carbons (Fsp3) is 0.778. The van der Waals surface area contributed by atoms with Crippen LogP contribution in [-0.4, -0.2) is 36.6 Å². The predicted molar refractivity (Wildman–Crippen MR) is 51.0 cm³/mol. The summed E-state index contributed by atoms with van der Waals surface area (Å²) < 4.78 is 5.15. The van der Waals surface area contributed by atoms with E-state index >= 15 is 0 Å². The lowest BCUT2D eigenvalue weighted by atomic mass is 10.1. The number of Topliss-reactive ketones (excluding diaryl/α,β-unsaturated/α-hetero) is 1. The van der Waals surface area contributed by atoms with E-state index < -0.39 is 11.7 Å². The molecule has 2 N–H and O–H groups in total. The average Bonchev–Trinajstić information content (AvgIpc) is 2.81. The van der Waals surface area contributed by atoms with E-state index in [-0.39, 0.29) is 18.4 Å². The molecule has 80 valence electrons. The third-order valence-corrected chi connectivity index (χ3v) is 2.08. The highest BCUT2D eigenvalue weighted by Gasteiger charge is 2.40. The van der Waals surface area contributed by atoms with Crippen molar-refractivity contribution in [2.75, 3.05) is 13.1 Å². The van der Waals surface area contributed by atoms with Crippen LogP contribution in [0.4, 0.5) is 4.79 Å². The Labute approximate surface area is 83.2 Å². The van der Waals surface area contributed by atoms with E-state index in [4.69, 9.17) is 4.74 Å². The number of ether oxygens (including phenoxy) is 1. The van der Waals surface area contributed by atoms with E-state index in [9.17, 15) is 9.59 Å². The van der Waals surface area contributed by atoms with Crippen LogP contribution in [0.5, 0.6) is 0 Å². The standard InChI is InChI=1S/C9H16N2O3/c1-6(12)4-11-8(13)14-9(2,3)7-5-10-7/h7,10H,4-5H2,1-3H3,(H,11,13). The zero-order valence-electron chi connectivity index (χ0n) is 8.72. The van der Waals surface area contributed by atoms with Crippen molar-refractivity contribution >= 4 is 11.9 Å². The van der Waals surface area contributed by atoms with E-state index in [1.165, 1.54) is 6.92 Å². The molecule has 0 bridgehead atoms. The van der Waals surface area contributed by atoms with Gasteiger partial charge in [-0.1, -0.05) is 0 Å². The van der Waals surface area contributed by atoms with Gasteiger partial charge in [0.25, 0.3) is 0 Å². The molecule has 14 heavy (non-hydrogen) atoms. The first-order valence-corrected chi connectivity index (χ1v) is 4.61. The lowest BCUT2D eigenvalue weighted by Crippen LogP contribution is -2.40. The molecule has 0 aromatic carbocycles. The van der Waals surface area contributed by atoms with Crippen molar-refractivity contribution in [3.8, 4) is 0 Å². The molecule has 5 nitrogen and oxygen atoms in total. The van der Waals surface area contributed by atoms with Gasteiger partial charge < -0.3 is 15.4 Å². The first-order valence-electron chi connectivity index (χ1n) is 4.61. The molecule has 0 aromatic heterocycles. The average molecular weight is 200 g/mol. The second-order valence-corrected chi connectivity index (χ2v) is 4.01. The van der Waals surface area contributed by atoms with Crippen LogP contribution in [0.25, 0.3) is 0 Å². The van der Waals surface area contributed by atoms with Crippen LogP contribution in [0.3, 0.4) is 0 Å². The highest BCUT2D eigenvalue weighted by Crippen LogP contribution is 2.20. The Bertz CT molecular complexity index is 246. The molecular weight excluding hydrogens is 184 g/mol. The van der Waals surface area contributed by atoms with Crippen LogP contribution in [0.1, 0.15) is 20.8 Å². The van der Waals surface area contributed by atoms with Gasteiger partial charge in [-0.2, -0.15) is 0 Å². The van der Waals surface area contributed by atoms with Crippen LogP contribution in [0.15, 0.2) is 0 Å². The van der Waals surface area contributed by atoms with Gasteiger partial charge in [-0.15, -0.1) is 0 Å². The minimum Gasteiger partial charge on any atom is -0.442 e. The number of carbonyl (C=O) groups excluding carboxylic acids is 2. The quantitative estimate of drug-likeness (QED) is 0.629. The molecule has 0 radical (unpaired) electrons. The lowest BCUT2D eigenvalue weighted by molar-refractivity contribution is -0.116. The molecule has 1 atom stereocenters. The Morgan fingerprint density at radius 2 is 2.14 bits per heavy atom. The van der Waals surface area contributed by atoms with Gasteiger partial charge >= 0.3 is 6.09 Å². The third-order valence-electron chi connectivity index (χ3n) is 2.08. The number of ketones is 1. The molecule has 0 aromatic rings. The first kappa shape index (κ1) is 11.0. The molecule has 1 amide bonds. The molecule has 1 fully saturated rings. The smallest absolute Gasteiger partial charge is 0.408 e. The highest BCUT2D eigenvalue weighted by molar-refractivity contribution is 5.81. The summed E-state index contributed by atoms with van der Waals surface area (Å²) in [4.78, 5) is 21.8. The van der Waals surface area contributed by atoms with Crippen LogP contribution in [0.2, 0.25) is 0 Å². The monoisotopic (exact) mass is 200 g/mol. The van der Waals surface area contributed by atoms with Crippen molar-refractivity contribution in [2.45, 2.75) is 32.4 Å². The van der Waals surface area contributed by atoms with Crippen LogP contribution in [0, 0.1) is 0 Å². The maximum absolute atomic E-state index is 11.2. The molecule has 0 spiro atoms. The summed E-state index contributed by atoms with van der Waals surface area (Å²) in [5.41, 5.74) is -0.513. The minimum absolute atomic E-state index is 0.0208. The second kappa shape index (κ2) is 3.96. The lowest BCUT2D eigenvalue weighted by Gasteiger charge is -2.23. The van der Waals surface area contributed by atoms with Gasteiger partial charge in [0, 0.05) is 6.54 Å². The molecule has 1 aliphatic heterocycles. The van der Waals surface area contributed by atoms with E-state index in [2.05, 4.69) is 10.6 Å². The Morgan fingerprint density at radius 3 is 2.57 bits per heavy atom. The third kappa shape index (κ3) is 3.33. The SMILES string of the molecule is CC(=O)CNC(=O)OC(C)(C)C1CN1. The van der Waals surface area contributed by atoms with Crippen LogP contribution < -0.4 is 10.6 Å². The topological polar surface area (TPSA) is 77.3 Å². The molecule has 1 unspecified atom stereocenters. The van der Waals surface area contributed by atoms with Crippen molar-refractivity contribution < 1.29 is 14.3 Å². The predicted octanol–water partition coefficient (Wildman–Crippen LogP) is 0.0520. The number of hydrogen-bond acceptors (Lipinski definition) is 4. The van der Waals surface area contributed by atoms with Gasteiger partial charge in [-0.05, 0) is 20.8 Å². The summed E-state index contributed by atoms with van der Waals surface area (Å²) in [6.45, 7) is 5.98. The molecule has 1 aliphatic rings. The van der Waals surface area contributed by atoms with Crippen molar-refractivity contribution in [3.63, 3.8) is 0 Å². The van der Waals surface area contributed by atoms with Crippen LogP contribution in [-0.2, 0) is 9.53 Å². The van der Waals surface area contributed by atoms with Gasteiger partial charge in [-0.3, -0.25) is 4.79 Å². The van der Waals surface area contributed by atoms with Gasteiger partial charge in [0.2, 0.25) is 0 Å². The van der Waals surface area contributed by atoms with Crippen molar-refractivity contribution in [1.29, 1.82) is 0 Å². The maximum atomic E-state index is 11.2. The number of amides is 1. The zero-order valence-corrected chi connectivity index (χ0v) is 8.72. The van der Waals surface area contributed by atoms with Gasteiger partial charge in [0.15, 0.2) is 0 Å². The van der Waals surface area contributed by atoms with Crippen molar-refractivity contribution in [3.05, 3.63) is 0 Å². The zero-order chi connectivity index (χ0) is 10.8. The highest BCUT2D eigenvalue weighted by atomic mass is 16.6. The molecule has 0 aliphatic carbocycles. The molecule has 1 heterocycles. The maximum Gasteiger partial charge on any atom is 0.408 e. The Balaban J connectivity index is 2.28. The Hall–Kier alpha value is -1.10. The van der Waals surface area contributed by atoms with Crippen molar-refractivity contribution in [1.82, 2.24) is 10.6 Å². The minimum atomic E-state index is -0.543. The Morgan fingerprint density at radius 1 is 1.57 bits per heavy atom. The summed E-state index contributed by atoms with van der Waals surface area (Å²) in [6, 6.07) is 0.227. The second-order valence-electron chi connectivity index (χ2n) is 4.01. The molecule has 1 rings (SSSR count). The van der Waals surface area contributed by atoms with Crippen molar-refractivity contribution in [2.24, 2.45) is 0 Å². The normalized spacial score (nSPS) is 20.1. The van der Waals surface area contributed by atoms with E-state index in [1.807, 2.05) is 13.8 Å². The summed E-state index contributed by atoms with van der Waals surface area (Å²) in [6.07, 6.45) is -0.543. The van der Waals surface area contributed by atoms with Gasteiger partial charge in [0.1, 0.15) is 11.4 Å². The fourth-order valence-electron chi connectivity index (χ4n) is 1.09. The summed E-state index contributed by atoms with van der Waals surface area (Å²) in [5.74, 6) is -0.0932. The summed E-state index contributed by atoms with van der Waals surface area (Å²) >= 11 is 0. The summed E-state index contributed by atoms with van der Waals surface area (Å²) in [5, 5.41) is 5.46. The van der Waals surface area contributed by atoms with E-state index in [0.717, 1.165) is 6.54 Å². The number of carbonyl (C=O) groups is 2. The van der Waals surface area contributed by atoms with E-state index in [0.29, 0.717) is 0 Å². The largest absolute Gasteiger partial charge is 0.442 e. The number of alkyl carbamates (subject to hydrolysis) is 1. The van der Waals surface area contributed by atoms with Crippen LogP contribution >= 0.6 is 0 Å². The molecule has 1 saturated heterocycles. The number of nitrogens with one attached hydrogen (secondary N) is 2. The molecule has 0 saturated carbocycles. The first-order chi connectivity index (χ1) is 6.42. The van der Waals surface area contributed by atoms with Gasteiger partial charge in [0.05, 0.1) is 12.6 Å². The molecular formula is C9H16N2O3. The van der Waals surface area contributed by atoms with Gasteiger partial charge in [-0.25, -0.2) is 4.79 Å². The fourth-order valence-corrected chi connectivity index (χ4v) is 1.09. The number of hydrogen-bond donors (Lipinski definition) is 2.